The Bertz CT molecular complexity index is 705. The largest absolute Gasteiger partial charge is 0.366 e. The third kappa shape index (κ3) is 2.57. The molecular formula is C11H11N3O3S. The van der Waals surface area contributed by atoms with E-state index in [0.717, 1.165) is 17.8 Å². The van der Waals surface area contributed by atoms with E-state index in [1.54, 1.807) is 6.07 Å². The maximum absolute atomic E-state index is 11.9. The Morgan fingerprint density at radius 3 is 2.67 bits per heavy atom. The smallest absolute Gasteiger partial charge is 0.268 e. The van der Waals surface area contributed by atoms with Gasteiger partial charge in [-0.1, -0.05) is 6.07 Å². The highest BCUT2D eigenvalue weighted by Gasteiger charge is 2.17. The fourth-order valence-electron chi connectivity index (χ4n) is 1.33. The van der Waals surface area contributed by atoms with E-state index >= 15 is 0 Å². The van der Waals surface area contributed by atoms with Gasteiger partial charge in [-0.15, -0.1) is 0 Å². The van der Waals surface area contributed by atoms with E-state index in [1.165, 1.54) is 18.5 Å². The van der Waals surface area contributed by atoms with Crippen LogP contribution in [0.2, 0.25) is 0 Å². The molecule has 18 heavy (non-hydrogen) atoms. The SMILES string of the molecule is Cc1ccc(NS(=O)(=O)c2c[nH]ccc2=O)nc1. The Balaban J connectivity index is 2.36. The number of aromatic nitrogens is 2. The molecule has 2 heterocycles. The van der Waals surface area contributed by atoms with Crippen LogP contribution in [0.5, 0.6) is 0 Å². The van der Waals surface area contributed by atoms with Crippen molar-refractivity contribution in [3.05, 3.63) is 52.6 Å². The molecule has 2 aromatic rings. The highest BCUT2D eigenvalue weighted by Crippen LogP contribution is 2.10. The van der Waals surface area contributed by atoms with Crippen LogP contribution in [-0.4, -0.2) is 18.4 Å². The van der Waals surface area contributed by atoms with Gasteiger partial charge in [-0.25, -0.2) is 13.4 Å². The van der Waals surface area contributed by atoms with E-state index in [0.29, 0.717) is 0 Å². The highest BCUT2D eigenvalue weighted by atomic mass is 32.2. The van der Waals surface area contributed by atoms with Crippen molar-refractivity contribution in [2.24, 2.45) is 0 Å². The molecule has 0 aromatic carbocycles. The number of hydrogen-bond donors (Lipinski definition) is 2. The molecule has 0 unspecified atom stereocenters. The van der Waals surface area contributed by atoms with Crippen LogP contribution in [0.1, 0.15) is 5.56 Å². The van der Waals surface area contributed by atoms with Gasteiger partial charge in [0, 0.05) is 24.7 Å². The molecule has 0 aliphatic heterocycles. The lowest BCUT2D eigenvalue weighted by Gasteiger charge is -2.06. The van der Waals surface area contributed by atoms with Crippen molar-refractivity contribution in [1.29, 1.82) is 0 Å². The summed E-state index contributed by atoms with van der Waals surface area (Å²) in [5.74, 6) is 0.170. The standard InChI is InChI=1S/C11H11N3O3S/c1-8-2-3-11(13-6-8)14-18(16,17)10-7-12-5-4-9(10)15/h2-7H,1H3,(H,12,15)(H,13,14). The number of aromatic amines is 1. The Kier molecular flexibility index (Phi) is 3.15. The van der Waals surface area contributed by atoms with Crippen LogP contribution in [0, 0.1) is 6.92 Å². The van der Waals surface area contributed by atoms with Crippen molar-refractivity contribution in [3.63, 3.8) is 0 Å². The number of hydrogen-bond acceptors (Lipinski definition) is 4. The maximum atomic E-state index is 11.9. The van der Waals surface area contributed by atoms with Gasteiger partial charge in [0.15, 0.2) is 4.90 Å². The summed E-state index contributed by atoms with van der Waals surface area (Å²) in [5.41, 5.74) is 0.337. The van der Waals surface area contributed by atoms with Crippen LogP contribution in [0.3, 0.4) is 0 Å². The second-order valence-electron chi connectivity index (χ2n) is 3.70. The third-order valence-corrected chi connectivity index (χ3v) is 3.60. The first-order valence-corrected chi connectivity index (χ1v) is 6.60. The molecule has 0 aliphatic carbocycles. The molecule has 0 atom stereocenters. The number of nitrogens with one attached hydrogen (secondary N) is 2. The normalized spacial score (nSPS) is 11.2. The van der Waals surface area contributed by atoms with E-state index in [1.807, 2.05) is 6.92 Å². The van der Waals surface area contributed by atoms with Crippen LogP contribution in [-0.2, 0) is 10.0 Å². The third-order valence-electron chi connectivity index (χ3n) is 2.23. The molecule has 0 amide bonds. The molecule has 2 aromatic heterocycles. The van der Waals surface area contributed by atoms with E-state index < -0.39 is 15.5 Å². The van der Waals surface area contributed by atoms with Gasteiger partial charge in [-0.2, -0.15) is 0 Å². The predicted molar refractivity (Wildman–Crippen MR) is 66.8 cm³/mol. The summed E-state index contributed by atoms with van der Waals surface area (Å²) < 4.78 is 26.1. The van der Waals surface area contributed by atoms with Gasteiger partial charge < -0.3 is 4.98 Å². The van der Waals surface area contributed by atoms with E-state index in [-0.39, 0.29) is 10.7 Å². The zero-order chi connectivity index (χ0) is 13.2. The van der Waals surface area contributed by atoms with Gasteiger partial charge in [0.2, 0.25) is 5.43 Å². The van der Waals surface area contributed by atoms with Crippen molar-refractivity contribution in [2.75, 3.05) is 4.72 Å². The Morgan fingerprint density at radius 2 is 2.06 bits per heavy atom. The van der Waals surface area contributed by atoms with E-state index in [2.05, 4.69) is 14.7 Å². The van der Waals surface area contributed by atoms with Crippen molar-refractivity contribution in [1.82, 2.24) is 9.97 Å². The molecule has 94 valence electrons. The van der Waals surface area contributed by atoms with Crippen LogP contribution in [0.4, 0.5) is 5.82 Å². The summed E-state index contributed by atoms with van der Waals surface area (Å²) in [6.45, 7) is 1.84. The molecule has 0 fully saturated rings. The molecular weight excluding hydrogens is 254 g/mol. The zero-order valence-corrected chi connectivity index (χ0v) is 10.4. The molecule has 0 aliphatic rings. The summed E-state index contributed by atoms with van der Waals surface area (Å²) >= 11 is 0. The van der Waals surface area contributed by atoms with Gasteiger partial charge in [0.25, 0.3) is 10.0 Å². The lowest BCUT2D eigenvalue weighted by Crippen LogP contribution is -2.21. The number of pyridine rings is 2. The molecule has 0 saturated heterocycles. The van der Waals surface area contributed by atoms with Crippen molar-refractivity contribution >= 4 is 15.8 Å². The summed E-state index contributed by atoms with van der Waals surface area (Å²) in [4.78, 5) is 17.6. The number of nitrogens with zero attached hydrogens (tertiary/aromatic N) is 1. The lowest BCUT2D eigenvalue weighted by atomic mass is 10.3. The van der Waals surface area contributed by atoms with Gasteiger partial charge in [0.05, 0.1) is 0 Å². The maximum Gasteiger partial charge on any atom is 0.268 e. The van der Waals surface area contributed by atoms with Gasteiger partial charge in [0.1, 0.15) is 5.82 Å². The van der Waals surface area contributed by atoms with Crippen molar-refractivity contribution in [2.45, 2.75) is 11.8 Å². The summed E-state index contributed by atoms with van der Waals surface area (Å²) in [6, 6.07) is 4.40. The first-order chi connectivity index (χ1) is 8.49. The summed E-state index contributed by atoms with van der Waals surface area (Å²) in [5, 5.41) is 0. The fraction of sp³-hybridized carbons (Fsp3) is 0.0909. The van der Waals surface area contributed by atoms with E-state index in [9.17, 15) is 13.2 Å². The Labute approximate surface area is 104 Å². The molecule has 0 radical (unpaired) electrons. The summed E-state index contributed by atoms with van der Waals surface area (Å²) in [6.07, 6.45) is 4.04. The minimum absolute atomic E-state index is 0.170. The lowest BCUT2D eigenvalue weighted by molar-refractivity contribution is 0.600. The fourth-order valence-corrected chi connectivity index (χ4v) is 2.39. The van der Waals surface area contributed by atoms with Crippen LogP contribution in [0.15, 0.2) is 46.5 Å². The number of anilines is 1. The molecule has 7 heteroatoms. The van der Waals surface area contributed by atoms with Crippen molar-refractivity contribution in [3.8, 4) is 0 Å². The van der Waals surface area contributed by atoms with Crippen LogP contribution in [0.25, 0.3) is 0 Å². The number of sulfonamides is 1. The molecule has 0 saturated carbocycles. The van der Waals surface area contributed by atoms with Gasteiger partial charge in [-0.3, -0.25) is 9.52 Å². The van der Waals surface area contributed by atoms with Gasteiger partial charge in [-0.05, 0) is 18.6 Å². The number of aryl methyl sites for hydroxylation is 1. The molecule has 2 rings (SSSR count). The second kappa shape index (κ2) is 4.61. The second-order valence-corrected chi connectivity index (χ2v) is 5.35. The highest BCUT2D eigenvalue weighted by molar-refractivity contribution is 7.92. The average molecular weight is 265 g/mol. The monoisotopic (exact) mass is 265 g/mol. The van der Waals surface area contributed by atoms with Gasteiger partial charge >= 0.3 is 0 Å². The number of H-pyrrole nitrogens is 1. The predicted octanol–water partition coefficient (Wildman–Crippen LogP) is 0.879. The average Bonchev–Trinajstić information content (AvgIpc) is 2.32. The number of rotatable bonds is 3. The first kappa shape index (κ1) is 12.3. The Morgan fingerprint density at radius 1 is 1.28 bits per heavy atom. The molecule has 0 spiro atoms. The molecule has 2 N–H and O–H groups in total. The topological polar surface area (TPSA) is 91.9 Å². The van der Waals surface area contributed by atoms with Crippen LogP contribution >= 0.6 is 0 Å². The first-order valence-electron chi connectivity index (χ1n) is 5.11. The quantitative estimate of drug-likeness (QED) is 0.861. The van der Waals surface area contributed by atoms with E-state index in [4.69, 9.17) is 0 Å². The minimum Gasteiger partial charge on any atom is -0.366 e. The zero-order valence-electron chi connectivity index (χ0n) is 9.54. The Hall–Kier alpha value is -2.15. The van der Waals surface area contributed by atoms with Crippen LogP contribution < -0.4 is 10.2 Å². The molecule has 0 bridgehead atoms. The minimum atomic E-state index is -3.91. The summed E-state index contributed by atoms with van der Waals surface area (Å²) in [7, 11) is -3.91. The molecule has 6 nitrogen and oxygen atoms in total. The van der Waals surface area contributed by atoms with Crippen molar-refractivity contribution < 1.29 is 8.42 Å².